The highest BCUT2D eigenvalue weighted by Crippen LogP contribution is 2.18. The number of rotatable bonds is 65. The molecule has 6 nitrogen and oxygen atoms in total. The fourth-order valence-corrected chi connectivity index (χ4v) is 10.8. The number of hydrogen-bond acceptors (Lipinski definition) is 5. The Balaban J connectivity index is 3.33. The molecule has 0 aliphatic carbocycles. The fraction of sp³-hybridized carbons (Fsp3) is 0.887. The van der Waals surface area contributed by atoms with Crippen LogP contribution in [0.25, 0.3) is 0 Å². The molecular formula is C71H135NO5. The van der Waals surface area contributed by atoms with Gasteiger partial charge in [0.1, 0.15) is 0 Å². The molecule has 0 aromatic rings. The van der Waals surface area contributed by atoms with Crippen molar-refractivity contribution in [2.75, 3.05) is 13.2 Å². The summed E-state index contributed by atoms with van der Waals surface area (Å²) in [7, 11) is 0. The quantitative estimate of drug-likeness (QED) is 0.0320. The molecule has 0 saturated carbocycles. The first-order valence-electron chi connectivity index (χ1n) is 34.8. The first-order valence-corrected chi connectivity index (χ1v) is 34.8. The van der Waals surface area contributed by atoms with Crippen molar-refractivity contribution in [3.63, 3.8) is 0 Å². The predicted molar refractivity (Wildman–Crippen MR) is 338 cm³/mol. The van der Waals surface area contributed by atoms with Gasteiger partial charge >= 0.3 is 5.97 Å². The van der Waals surface area contributed by atoms with E-state index < -0.39 is 12.1 Å². The van der Waals surface area contributed by atoms with Crippen LogP contribution in [0.4, 0.5) is 0 Å². The first-order chi connectivity index (χ1) is 38.0. The summed E-state index contributed by atoms with van der Waals surface area (Å²) in [4.78, 5) is 24.5. The number of carbonyl (C=O) groups is 2. The van der Waals surface area contributed by atoms with E-state index in [1.807, 2.05) is 6.08 Å². The molecule has 0 heterocycles. The number of amides is 1. The van der Waals surface area contributed by atoms with Gasteiger partial charge in [-0.2, -0.15) is 0 Å². The van der Waals surface area contributed by atoms with Crippen LogP contribution < -0.4 is 5.32 Å². The maximum atomic E-state index is 12.4. The maximum absolute atomic E-state index is 12.4. The molecule has 0 aliphatic heterocycles. The lowest BCUT2D eigenvalue weighted by Gasteiger charge is -2.20. The minimum absolute atomic E-state index is 0.0153. The minimum atomic E-state index is -0.841. The highest BCUT2D eigenvalue weighted by Gasteiger charge is 2.18. The summed E-state index contributed by atoms with van der Waals surface area (Å²) in [6.45, 7) is 4.90. The third-order valence-corrected chi connectivity index (χ3v) is 16.1. The van der Waals surface area contributed by atoms with Crippen LogP contribution in [0, 0.1) is 0 Å². The number of carbonyl (C=O) groups excluding carboxylic acids is 2. The molecule has 0 radical (unpaired) electrons. The van der Waals surface area contributed by atoms with E-state index in [2.05, 4.69) is 43.5 Å². The van der Waals surface area contributed by atoms with E-state index in [9.17, 15) is 19.8 Å². The van der Waals surface area contributed by atoms with E-state index in [0.717, 1.165) is 44.9 Å². The van der Waals surface area contributed by atoms with E-state index in [0.29, 0.717) is 19.4 Å². The molecule has 0 saturated heterocycles. The molecule has 1 amide bonds. The molecule has 2 atom stereocenters. The zero-order valence-electron chi connectivity index (χ0n) is 52.0. The second-order valence-electron chi connectivity index (χ2n) is 23.9. The van der Waals surface area contributed by atoms with Gasteiger partial charge in [-0.25, -0.2) is 0 Å². The van der Waals surface area contributed by atoms with Crippen molar-refractivity contribution in [3.8, 4) is 0 Å². The van der Waals surface area contributed by atoms with Crippen LogP contribution >= 0.6 is 0 Å². The standard InChI is InChI=1S/C71H135NO5/c1-3-5-7-9-11-13-15-16-17-18-36-39-42-45-49-53-57-61-65-71(76)77-66-62-58-54-50-46-43-40-37-34-32-30-28-26-24-22-20-19-21-23-25-27-29-31-33-35-38-41-44-48-52-56-60-64-70(75)72-68(67-73)69(74)63-59-55-51-47-14-12-10-8-6-4-2/h17-18,22,24,59,63,68-69,73-74H,3-16,19-21,23,25-58,60-62,64-67H2,1-2H3,(H,72,75)/b18-17-,24-22-,63-59+. The SMILES string of the molecule is CCCCCCCCC/C=C\CCCCCCCCCC(=O)OCCCCCCCCCCCCCC/C=C\CCCCCCCCCCCCCCCCCCC(=O)NC(CO)C(O)/C=C/CCCCCCCCCC. The van der Waals surface area contributed by atoms with E-state index in [1.165, 1.54) is 308 Å². The lowest BCUT2D eigenvalue weighted by atomic mass is 10.0. The van der Waals surface area contributed by atoms with Crippen molar-refractivity contribution >= 4 is 11.9 Å². The Morgan fingerprint density at radius 1 is 0.351 bits per heavy atom. The Labute approximate surface area is 481 Å². The number of aliphatic hydroxyl groups is 2. The monoisotopic (exact) mass is 1080 g/mol. The summed E-state index contributed by atoms with van der Waals surface area (Å²) in [6, 6.07) is -0.624. The zero-order chi connectivity index (χ0) is 55.7. The molecule has 0 spiro atoms. The maximum Gasteiger partial charge on any atom is 0.305 e. The van der Waals surface area contributed by atoms with Crippen molar-refractivity contribution < 1.29 is 24.5 Å². The normalized spacial score (nSPS) is 12.7. The summed E-state index contributed by atoms with van der Waals surface area (Å²) in [5.41, 5.74) is 0. The van der Waals surface area contributed by atoms with E-state index in [4.69, 9.17) is 4.74 Å². The Morgan fingerprint density at radius 3 is 0.922 bits per heavy atom. The van der Waals surface area contributed by atoms with Crippen LogP contribution in [-0.4, -0.2) is 47.4 Å². The molecule has 2 unspecified atom stereocenters. The topological polar surface area (TPSA) is 95.9 Å². The van der Waals surface area contributed by atoms with Crippen molar-refractivity contribution in [3.05, 3.63) is 36.5 Å². The molecule has 0 aromatic carbocycles. The van der Waals surface area contributed by atoms with Gasteiger partial charge in [0.15, 0.2) is 0 Å². The Bertz CT molecular complexity index is 1250. The van der Waals surface area contributed by atoms with Gasteiger partial charge in [0.25, 0.3) is 0 Å². The summed E-state index contributed by atoms with van der Waals surface area (Å²) in [5, 5.41) is 23.0. The second kappa shape index (κ2) is 66.6. The average molecular weight is 1080 g/mol. The number of esters is 1. The second-order valence-corrected chi connectivity index (χ2v) is 23.9. The van der Waals surface area contributed by atoms with Crippen LogP contribution in [0.15, 0.2) is 36.5 Å². The summed E-state index contributed by atoms with van der Waals surface area (Å²) >= 11 is 0. The van der Waals surface area contributed by atoms with Crippen molar-refractivity contribution in [2.45, 2.75) is 392 Å². The van der Waals surface area contributed by atoms with Crippen LogP contribution in [-0.2, 0) is 14.3 Å². The van der Waals surface area contributed by atoms with Crippen molar-refractivity contribution in [1.82, 2.24) is 5.32 Å². The fourth-order valence-electron chi connectivity index (χ4n) is 10.8. The predicted octanol–water partition coefficient (Wildman–Crippen LogP) is 22.3. The number of allylic oxidation sites excluding steroid dienone is 5. The Kier molecular flexibility index (Phi) is 64.9. The number of hydrogen-bond donors (Lipinski definition) is 3. The van der Waals surface area contributed by atoms with E-state index >= 15 is 0 Å². The van der Waals surface area contributed by atoms with Gasteiger partial charge in [-0.3, -0.25) is 9.59 Å². The lowest BCUT2D eigenvalue weighted by Crippen LogP contribution is -2.45. The van der Waals surface area contributed by atoms with E-state index in [1.54, 1.807) is 6.08 Å². The highest BCUT2D eigenvalue weighted by molar-refractivity contribution is 5.76. The largest absolute Gasteiger partial charge is 0.466 e. The van der Waals surface area contributed by atoms with Gasteiger partial charge in [0, 0.05) is 12.8 Å². The minimum Gasteiger partial charge on any atom is -0.466 e. The van der Waals surface area contributed by atoms with Crippen LogP contribution in [0.1, 0.15) is 380 Å². The van der Waals surface area contributed by atoms with Gasteiger partial charge in [-0.1, -0.05) is 320 Å². The molecule has 77 heavy (non-hydrogen) atoms. The summed E-state index contributed by atoms with van der Waals surface area (Å²) < 4.78 is 5.50. The molecule has 3 N–H and O–H groups in total. The molecule has 454 valence electrons. The molecule has 0 fully saturated rings. The first kappa shape index (κ1) is 75.1. The van der Waals surface area contributed by atoms with Gasteiger partial charge in [0.2, 0.25) is 5.91 Å². The van der Waals surface area contributed by atoms with E-state index in [-0.39, 0.29) is 18.5 Å². The highest BCUT2D eigenvalue weighted by atomic mass is 16.5. The average Bonchev–Trinajstić information content (AvgIpc) is 3.43. The Morgan fingerprint density at radius 2 is 0.610 bits per heavy atom. The van der Waals surface area contributed by atoms with Crippen molar-refractivity contribution in [1.29, 1.82) is 0 Å². The summed E-state index contributed by atoms with van der Waals surface area (Å²) in [6.07, 6.45) is 85.2. The number of nitrogens with one attached hydrogen (secondary N) is 1. The number of unbranched alkanes of at least 4 members (excludes halogenated alkanes) is 50. The van der Waals surface area contributed by atoms with Crippen LogP contribution in [0.5, 0.6) is 0 Å². The zero-order valence-corrected chi connectivity index (χ0v) is 52.0. The molecule has 0 aliphatic rings. The molecule has 6 heteroatoms. The van der Waals surface area contributed by atoms with Gasteiger partial charge < -0.3 is 20.3 Å². The summed E-state index contributed by atoms with van der Waals surface area (Å²) in [5.74, 6) is -0.0509. The van der Waals surface area contributed by atoms with Crippen molar-refractivity contribution in [2.24, 2.45) is 0 Å². The molecule has 0 aromatic heterocycles. The van der Waals surface area contributed by atoms with Gasteiger partial charge in [-0.05, 0) is 83.5 Å². The smallest absolute Gasteiger partial charge is 0.305 e. The molecule has 0 bridgehead atoms. The Hall–Kier alpha value is -1.92. The van der Waals surface area contributed by atoms with Gasteiger partial charge in [-0.15, -0.1) is 0 Å². The molecule has 0 rings (SSSR count). The number of ether oxygens (including phenoxy) is 1. The third-order valence-electron chi connectivity index (χ3n) is 16.1. The number of aliphatic hydroxyl groups excluding tert-OH is 2. The van der Waals surface area contributed by atoms with Crippen LogP contribution in [0.3, 0.4) is 0 Å². The third kappa shape index (κ3) is 63.1. The van der Waals surface area contributed by atoms with Crippen LogP contribution in [0.2, 0.25) is 0 Å². The molecular weight excluding hydrogens is 947 g/mol. The lowest BCUT2D eigenvalue weighted by molar-refractivity contribution is -0.143. The van der Waals surface area contributed by atoms with Gasteiger partial charge in [0.05, 0.1) is 25.4 Å².